The fourth-order valence-electron chi connectivity index (χ4n) is 1.90. The first-order valence-electron chi connectivity index (χ1n) is 6.31. The maximum absolute atomic E-state index is 12.1. The van der Waals surface area contributed by atoms with E-state index in [-0.39, 0.29) is 25.6 Å². The Balaban J connectivity index is 1.90. The Morgan fingerprint density at radius 2 is 2.14 bits per heavy atom. The number of fused-ring (bicyclic) bond motifs is 1. The number of hydrogen-bond acceptors (Lipinski definition) is 4. The summed E-state index contributed by atoms with van der Waals surface area (Å²) in [5.74, 6) is -1.34. The molecule has 0 bridgehead atoms. The van der Waals surface area contributed by atoms with Crippen LogP contribution in [0.25, 0.3) is 0 Å². The van der Waals surface area contributed by atoms with Crippen molar-refractivity contribution < 1.29 is 24.2 Å². The molecule has 0 atom stereocenters. The number of carbonyl (C=O) groups is 3. The van der Waals surface area contributed by atoms with Gasteiger partial charge in [0.05, 0.1) is 18.0 Å². The molecule has 1 aliphatic heterocycles. The molecule has 21 heavy (non-hydrogen) atoms. The predicted molar refractivity (Wildman–Crippen MR) is 74.3 cm³/mol. The third kappa shape index (κ3) is 3.93. The molecule has 0 spiro atoms. The first-order chi connectivity index (χ1) is 10.1. The number of carboxylic acid groups (broad SMARTS) is 1. The number of rotatable bonds is 5. The van der Waals surface area contributed by atoms with Gasteiger partial charge in [0.15, 0.2) is 0 Å². The first-order valence-corrected chi connectivity index (χ1v) is 6.31. The Morgan fingerprint density at radius 3 is 2.90 bits per heavy atom. The highest BCUT2D eigenvalue weighted by molar-refractivity contribution is 6.09. The molecular weight excluding hydrogens is 278 g/mol. The molecule has 0 unspecified atom stereocenters. The SMILES string of the molecule is O=C(O)COCCNC(=O)N1CC(=O)Nc2ccccc21. The van der Waals surface area contributed by atoms with Gasteiger partial charge < -0.3 is 20.5 Å². The summed E-state index contributed by atoms with van der Waals surface area (Å²) >= 11 is 0. The van der Waals surface area contributed by atoms with E-state index in [9.17, 15) is 14.4 Å². The number of benzene rings is 1. The summed E-state index contributed by atoms with van der Waals surface area (Å²) in [6, 6.07) is 6.54. The molecule has 0 aliphatic carbocycles. The van der Waals surface area contributed by atoms with Gasteiger partial charge >= 0.3 is 12.0 Å². The van der Waals surface area contributed by atoms with E-state index in [1.165, 1.54) is 4.90 Å². The Morgan fingerprint density at radius 1 is 1.38 bits per heavy atom. The second kappa shape index (κ2) is 6.71. The quantitative estimate of drug-likeness (QED) is 0.675. The lowest BCUT2D eigenvalue weighted by Gasteiger charge is -2.29. The zero-order valence-corrected chi connectivity index (χ0v) is 11.2. The number of ether oxygens (including phenoxy) is 1. The maximum atomic E-state index is 12.1. The molecule has 1 heterocycles. The number of urea groups is 1. The summed E-state index contributed by atoms with van der Waals surface area (Å²) in [7, 11) is 0. The molecular formula is C13H15N3O5. The van der Waals surface area contributed by atoms with Gasteiger partial charge in [-0.1, -0.05) is 12.1 Å². The fraction of sp³-hybridized carbons (Fsp3) is 0.308. The van der Waals surface area contributed by atoms with Gasteiger partial charge in [-0.25, -0.2) is 9.59 Å². The number of aliphatic carboxylic acids is 1. The second-order valence-corrected chi connectivity index (χ2v) is 4.33. The van der Waals surface area contributed by atoms with Crippen molar-refractivity contribution in [1.82, 2.24) is 5.32 Å². The normalized spacial score (nSPS) is 13.3. The van der Waals surface area contributed by atoms with Gasteiger partial charge in [-0.15, -0.1) is 0 Å². The van der Waals surface area contributed by atoms with Crippen LogP contribution in [-0.2, 0) is 14.3 Å². The van der Waals surface area contributed by atoms with E-state index in [4.69, 9.17) is 9.84 Å². The number of nitrogens with one attached hydrogen (secondary N) is 2. The van der Waals surface area contributed by atoms with Gasteiger partial charge in [0.2, 0.25) is 5.91 Å². The van der Waals surface area contributed by atoms with Crippen LogP contribution < -0.4 is 15.5 Å². The molecule has 8 heteroatoms. The van der Waals surface area contributed by atoms with E-state index < -0.39 is 18.6 Å². The molecule has 112 valence electrons. The average Bonchev–Trinajstić information content (AvgIpc) is 2.45. The van der Waals surface area contributed by atoms with Crippen molar-refractivity contribution >= 4 is 29.3 Å². The van der Waals surface area contributed by atoms with Crippen LogP contribution in [0.5, 0.6) is 0 Å². The van der Waals surface area contributed by atoms with Crippen molar-refractivity contribution in [3.63, 3.8) is 0 Å². The number of anilines is 2. The molecule has 8 nitrogen and oxygen atoms in total. The van der Waals surface area contributed by atoms with Crippen LogP contribution >= 0.6 is 0 Å². The van der Waals surface area contributed by atoms with Crippen LogP contribution in [0.15, 0.2) is 24.3 Å². The highest BCUT2D eigenvalue weighted by atomic mass is 16.5. The number of amides is 3. The Hall–Kier alpha value is -2.61. The molecule has 0 aromatic heterocycles. The van der Waals surface area contributed by atoms with Crippen molar-refractivity contribution in [3.8, 4) is 0 Å². The van der Waals surface area contributed by atoms with Gasteiger partial charge in [0, 0.05) is 6.54 Å². The van der Waals surface area contributed by atoms with Crippen molar-refractivity contribution in [3.05, 3.63) is 24.3 Å². The number of nitrogens with zero attached hydrogens (tertiary/aromatic N) is 1. The molecule has 0 fully saturated rings. The lowest BCUT2D eigenvalue weighted by molar-refractivity contribution is -0.142. The summed E-state index contributed by atoms with van der Waals surface area (Å²) in [6.07, 6.45) is 0. The van der Waals surface area contributed by atoms with E-state index in [1.807, 2.05) is 0 Å². The summed E-state index contributed by atoms with van der Waals surface area (Å²) in [5.41, 5.74) is 1.19. The maximum Gasteiger partial charge on any atom is 0.329 e. The molecule has 2 rings (SSSR count). The van der Waals surface area contributed by atoms with Gasteiger partial charge in [-0.2, -0.15) is 0 Å². The minimum atomic E-state index is -1.07. The summed E-state index contributed by atoms with van der Waals surface area (Å²) in [6.45, 7) is -0.240. The van der Waals surface area contributed by atoms with Crippen LogP contribution in [0.4, 0.5) is 16.2 Å². The molecule has 0 saturated heterocycles. The van der Waals surface area contributed by atoms with Crippen molar-refractivity contribution in [2.45, 2.75) is 0 Å². The van der Waals surface area contributed by atoms with Crippen LogP contribution in [0, 0.1) is 0 Å². The Bertz CT molecular complexity index is 560. The zero-order valence-electron chi connectivity index (χ0n) is 11.2. The highest BCUT2D eigenvalue weighted by Crippen LogP contribution is 2.28. The zero-order chi connectivity index (χ0) is 15.2. The molecule has 1 aliphatic rings. The monoisotopic (exact) mass is 293 g/mol. The summed E-state index contributed by atoms with van der Waals surface area (Å²) < 4.78 is 4.81. The van der Waals surface area contributed by atoms with Crippen LogP contribution in [0.2, 0.25) is 0 Å². The third-order valence-corrected chi connectivity index (χ3v) is 2.76. The lowest BCUT2D eigenvalue weighted by Crippen LogP contribution is -2.47. The van der Waals surface area contributed by atoms with Crippen molar-refractivity contribution in [2.75, 3.05) is 36.5 Å². The van der Waals surface area contributed by atoms with E-state index in [0.717, 1.165) is 0 Å². The van der Waals surface area contributed by atoms with Gasteiger partial charge in [-0.05, 0) is 12.1 Å². The van der Waals surface area contributed by atoms with Crippen LogP contribution in [0.1, 0.15) is 0 Å². The van der Waals surface area contributed by atoms with Crippen LogP contribution in [-0.4, -0.2) is 49.3 Å². The smallest absolute Gasteiger partial charge is 0.329 e. The van der Waals surface area contributed by atoms with Gasteiger partial charge in [0.1, 0.15) is 13.2 Å². The van der Waals surface area contributed by atoms with Crippen molar-refractivity contribution in [2.24, 2.45) is 0 Å². The molecule has 1 aromatic carbocycles. The summed E-state index contributed by atoms with van der Waals surface area (Å²) in [4.78, 5) is 35.2. The molecule has 3 amide bonds. The fourth-order valence-corrected chi connectivity index (χ4v) is 1.90. The number of carbonyl (C=O) groups excluding carboxylic acids is 2. The number of carboxylic acids is 1. The minimum Gasteiger partial charge on any atom is -0.480 e. The topological polar surface area (TPSA) is 108 Å². The Kier molecular flexibility index (Phi) is 4.72. The minimum absolute atomic E-state index is 0.0706. The third-order valence-electron chi connectivity index (χ3n) is 2.76. The predicted octanol–water partition coefficient (Wildman–Crippen LogP) is 0.256. The van der Waals surface area contributed by atoms with Crippen LogP contribution in [0.3, 0.4) is 0 Å². The van der Waals surface area contributed by atoms with E-state index in [2.05, 4.69) is 10.6 Å². The standard InChI is InChI=1S/C13H15N3O5/c17-11-7-16(10-4-2-1-3-9(10)15-11)13(20)14-5-6-21-8-12(18)19/h1-4H,5-8H2,(H,14,20)(H,15,17)(H,18,19). The molecule has 0 saturated carbocycles. The van der Waals surface area contributed by atoms with Gasteiger partial charge in [-0.3, -0.25) is 9.69 Å². The first kappa shape index (κ1) is 14.8. The Labute approximate surface area is 120 Å². The number of hydrogen-bond donors (Lipinski definition) is 3. The number of para-hydroxylation sites is 2. The molecule has 3 N–H and O–H groups in total. The van der Waals surface area contributed by atoms with Gasteiger partial charge in [0.25, 0.3) is 0 Å². The van der Waals surface area contributed by atoms with E-state index in [0.29, 0.717) is 11.4 Å². The molecule has 1 aromatic rings. The summed E-state index contributed by atoms with van der Waals surface area (Å²) in [5, 5.41) is 13.7. The molecule has 0 radical (unpaired) electrons. The van der Waals surface area contributed by atoms with Crippen molar-refractivity contribution in [1.29, 1.82) is 0 Å². The second-order valence-electron chi connectivity index (χ2n) is 4.33. The largest absolute Gasteiger partial charge is 0.480 e. The highest BCUT2D eigenvalue weighted by Gasteiger charge is 2.26. The van der Waals surface area contributed by atoms with E-state index in [1.54, 1.807) is 24.3 Å². The average molecular weight is 293 g/mol. The lowest BCUT2D eigenvalue weighted by atomic mass is 10.2. The van der Waals surface area contributed by atoms with E-state index >= 15 is 0 Å².